The highest BCUT2D eigenvalue weighted by Gasteiger charge is 2.29. The third kappa shape index (κ3) is 3.46. The molecule has 1 aromatic carbocycles. The summed E-state index contributed by atoms with van der Waals surface area (Å²) in [5, 5.41) is 9.78. The van der Waals surface area contributed by atoms with Gasteiger partial charge in [-0.25, -0.2) is 22.0 Å². The summed E-state index contributed by atoms with van der Waals surface area (Å²) in [5.41, 5.74) is -0.600. The minimum absolute atomic E-state index is 0.0332. The minimum Gasteiger partial charge on any atom is -0.361 e. The Hall–Kier alpha value is -2.95. The first kappa shape index (κ1) is 20.8. The van der Waals surface area contributed by atoms with E-state index in [0.717, 1.165) is 0 Å². The molecule has 0 aliphatic heterocycles. The van der Waals surface area contributed by atoms with Crippen LogP contribution in [-0.2, 0) is 6.54 Å². The first-order chi connectivity index (χ1) is 13.5. The minimum atomic E-state index is -2.34. The zero-order valence-electron chi connectivity index (χ0n) is 15.1. The van der Waals surface area contributed by atoms with Crippen LogP contribution in [0.1, 0.15) is 33.2 Å². The van der Waals surface area contributed by atoms with Gasteiger partial charge in [0.2, 0.25) is 5.82 Å². The molecule has 0 spiro atoms. The summed E-state index contributed by atoms with van der Waals surface area (Å²) >= 11 is 6.08. The van der Waals surface area contributed by atoms with Gasteiger partial charge in [0, 0.05) is 5.56 Å². The van der Waals surface area contributed by atoms with Crippen molar-refractivity contribution in [1.82, 2.24) is 14.9 Å². The number of halogens is 6. The highest BCUT2D eigenvalue weighted by atomic mass is 35.5. The summed E-state index contributed by atoms with van der Waals surface area (Å²) in [5.74, 6) is -12.1. The largest absolute Gasteiger partial charge is 0.361 e. The molecule has 1 amide bonds. The van der Waals surface area contributed by atoms with E-state index in [1.54, 1.807) is 19.2 Å². The van der Waals surface area contributed by atoms with Crippen molar-refractivity contribution >= 4 is 23.2 Å². The van der Waals surface area contributed by atoms with Crippen LogP contribution >= 0.6 is 11.6 Å². The van der Waals surface area contributed by atoms with E-state index >= 15 is 0 Å². The second kappa shape index (κ2) is 7.47. The number of rotatable bonds is 4. The van der Waals surface area contributed by atoms with Crippen LogP contribution in [0.4, 0.5) is 27.6 Å². The van der Waals surface area contributed by atoms with Crippen molar-refractivity contribution in [2.24, 2.45) is 0 Å². The number of anilines is 1. The van der Waals surface area contributed by atoms with Crippen molar-refractivity contribution in [1.29, 1.82) is 0 Å². The molecule has 0 aliphatic carbocycles. The number of aryl methyl sites for hydroxylation is 2. The Labute approximate surface area is 165 Å². The molecule has 3 rings (SSSR count). The Morgan fingerprint density at radius 3 is 2.10 bits per heavy atom. The monoisotopic (exact) mass is 434 g/mol. The van der Waals surface area contributed by atoms with Gasteiger partial charge in [-0.2, -0.15) is 5.10 Å². The molecule has 6 nitrogen and oxygen atoms in total. The predicted molar refractivity (Wildman–Crippen MR) is 91.2 cm³/mol. The molecule has 0 atom stereocenters. The second-order valence-corrected chi connectivity index (χ2v) is 6.49. The molecule has 2 heterocycles. The van der Waals surface area contributed by atoms with E-state index in [9.17, 15) is 26.7 Å². The predicted octanol–water partition coefficient (Wildman–Crippen LogP) is 4.45. The number of nitrogens with one attached hydrogen (secondary N) is 1. The maximum atomic E-state index is 13.8. The highest BCUT2D eigenvalue weighted by Crippen LogP contribution is 2.28. The average molecular weight is 435 g/mol. The van der Waals surface area contributed by atoms with E-state index in [-0.39, 0.29) is 17.9 Å². The number of carbonyl (C=O) groups is 1. The first-order valence-electron chi connectivity index (χ1n) is 8.02. The molecule has 2 aromatic heterocycles. The van der Waals surface area contributed by atoms with Crippen LogP contribution in [0.3, 0.4) is 0 Å². The van der Waals surface area contributed by atoms with Gasteiger partial charge in [-0.3, -0.25) is 9.48 Å². The lowest BCUT2D eigenvalue weighted by Gasteiger charge is -2.10. The fraction of sp³-hybridized carbons (Fsp3) is 0.235. The van der Waals surface area contributed by atoms with Crippen LogP contribution in [0.2, 0.25) is 5.02 Å². The van der Waals surface area contributed by atoms with Crippen LogP contribution in [0.25, 0.3) is 0 Å². The second-order valence-electron chi connectivity index (χ2n) is 6.11. The standard InChI is InChI=1S/C17H12ClF5N4O2/c1-5-9(18)6(2)27(25-5)4-8-7(3)29-26-15(8)17(28)24-16-13(22)11(20)10(19)12(21)14(16)23/h4H2,1-3H3,(H,24,28). The number of aromatic nitrogens is 3. The first-order valence-corrected chi connectivity index (χ1v) is 8.39. The number of benzene rings is 1. The van der Waals surface area contributed by atoms with Crippen molar-refractivity contribution in [2.45, 2.75) is 27.3 Å². The molecule has 0 radical (unpaired) electrons. The van der Waals surface area contributed by atoms with Gasteiger partial charge in [0.25, 0.3) is 5.91 Å². The highest BCUT2D eigenvalue weighted by molar-refractivity contribution is 6.31. The zero-order valence-corrected chi connectivity index (χ0v) is 15.9. The maximum Gasteiger partial charge on any atom is 0.278 e. The topological polar surface area (TPSA) is 73.0 Å². The fourth-order valence-electron chi connectivity index (χ4n) is 2.62. The smallest absolute Gasteiger partial charge is 0.278 e. The van der Waals surface area contributed by atoms with E-state index in [1.807, 2.05) is 0 Å². The molecular weight excluding hydrogens is 423 g/mol. The van der Waals surface area contributed by atoms with Crippen molar-refractivity contribution in [3.63, 3.8) is 0 Å². The van der Waals surface area contributed by atoms with Crippen molar-refractivity contribution in [2.75, 3.05) is 5.32 Å². The Morgan fingerprint density at radius 1 is 1.03 bits per heavy atom. The van der Waals surface area contributed by atoms with E-state index < -0.39 is 46.4 Å². The summed E-state index contributed by atoms with van der Waals surface area (Å²) in [6.07, 6.45) is 0. The molecule has 1 N–H and O–H groups in total. The summed E-state index contributed by atoms with van der Waals surface area (Å²) in [7, 11) is 0. The van der Waals surface area contributed by atoms with Gasteiger partial charge < -0.3 is 9.84 Å². The maximum absolute atomic E-state index is 13.8. The van der Waals surface area contributed by atoms with Gasteiger partial charge in [-0.15, -0.1) is 0 Å². The number of nitrogens with zero attached hydrogens (tertiary/aromatic N) is 3. The lowest BCUT2D eigenvalue weighted by atomic mass is 10.1. The number of carbonyl (C=O) groups excluding carboxylic acids is 1. The van der Waals surface area contributed by atoms with Crippen LogP contribution in [0, 0.1) is 49.9 Å². The number of hydrogen-bond donors (Lipinski definition) is 1. The van der Waals surface area contributed by atoms with Gasteiger partial charge >= 0.3 is 0 Å². The van der Waals surface area contributed by atoms with E-state index in [2.05, 4.69) is 10.3 Å². The molecule has 0 fully saturated rings. The summed E-state index contributed by atoms with van der Waals surface area (Å²) in [6.45, 7) is 4.79. The number of hydrogen-bond acceptors (Lipinski definition) is 4. The molecule has 0 aliphatic rings. The van der Waals surface area contributed by atoms with Gasteiger partial charge in [-0.05, 0) is 20.8 Å². The van der Waals surface area contributed by atoms with Crippen molar-refractivity contribution in [3.8, 4) is 0 Å². The van der Waals surface area contributed by atoms with Gasteiger partial charge in [0.05, 0.1) is 23.0 Å². The molecular formula is C17H12ClF5N4O2. The molecule has 0 saturated heterocycles. The molecule has 154 valence electrons. The van der Waals surface area contributed by atoms with Crippen LogP contribution in [-0.4, -0.2) is 20.8 Å². The van der Waals surface area contributed by atoms with E-state index in [4.69, 9.17) is 16.1 Å². The van der Waals surface area contributed by atoms with Gasteiger partial charge in [-0.1, -0.05) is 16.8 Å². The number of amides is 1. The quantitative estimate of drug-likeness (QED) is 0.374. The van der Waals surface area contributed by atoms with Crippen LogP contribution < -0.4 is 5.32 Å². The normalized spacial score (nSPS) is 11.2. The Balaban J connectivity index is 1.97. The van der Waals surface area contributed by atoms with E-state index in [1.165, 1.54) is 11.6 Å². The molecule has 12 heteroatoms. The Kier molecular flexibility index (Phi) is 5.35. The molecule has 3 aromatic rings. The summed E-state index contributed by atoms with van der Waals surface area (Å²) in [4.78, 5) is 12.4. The van der Waals surface area contributed by atoms with Gasteiger partial charge in [0.1, 0.15) is 11.4 Å². The molecule has 0 saturated carbocycles. The molecule has 29 heavy (non-hydrogen) atoms. The lowest BCUT2D eigenvalue weighted by molar-refractivity contribution is 0.101. The molecule has 0 unspecified atom stereocenters. The third-order valence-corrected chi connectivity index (χ3v) is 4.80. The van der Waals surface area contributed by atoms with Gasteiger partial charge in [0.15, 0.2) is 29.0 Å². The van der Waals surface area contributed by atoms with Crippen molar-refractivity contribution < 1.29 is 31.3 Å². The SMILES string of the molecule is Cc1nn(Cc2c(C(=O)Nc3c(F)c(F)c(F)c(F)c3F)noc2C)c(C)c1Cl. The van der Waals surface area contributed by atoms with Crippen molar-refractivity contribution in [3.05, 3.63) is 62.5 Å². The van der Waals surface area contributed by atoms with Crippen LogP contribution in [0.15, 0.2) is 4.52 Å². The Morgan fingerprint density at radius 2 is 1.59 bits per heavy atom. The lowest BCUT2D eigenvalue weighted by Crippen LogP contribution is -2.19. The third-order valence-electron chi connectivity index (χ3n) is 4.25. The zero-order chi connectivity index (χ0) is 21.6. The fourth-order valence-corrected chi connectivity index (χ4v) is 2.76. The van der Waals surface area contributed by atoms with Crippen LogP contribution in [0.5, 0.6) is 0 Å². The average Bonchev–Trinajstić information content (AvgIpc) is 3.17. The van der Waals surface area contributed by atoms with E-state index in [0.29, 0.717) is 16.4 Å². The summed E-state index contributed by atoms with van der Waals surface area (Å²) < 4.78 is 73.9. The Bertz CT molecular complexity index is 1110. The summed E-state index contributed by atoms with van der Waals surface area (Å²) in [6, 6.07) is 0. The molecule has 0 bridgehead atoms.